The van der Waals surface area contributed by atoms with E-state index in [2.05, 4.69) is 10.4 Å². The van der Waals surface area contributed by atoms with Crippen LogP contribution in [0.25, 0.3) is 0 Å². The molecule has 2 aromatic rings. The predicted octanol–water partition coefficient (Wildman–Crippen LogP) is 1.90. The molecular weight excluding hydrogens is 329 g/mol. The molecule has 0 atom stereocenters. The van der Waals surface area contributed by atoms with Crippen molar-refractivity contribution in [2.45, 2.75) is 26.8 Å². The van der Waals surface area contributed by atoms with Crippen molar-refractivity contribution < 1.29 is 18.7 Å². The molecule has 0 saturated carbocycles. The Bertz CT molecular complexity index is 848. The average molecular weight is 347 g/mol. The average Bonchev–Trinajstić information content (AvgIpc) is 2.57. The van der Waals surface area contributed by atoms with Crippen molar-refractivity contribution in [2.75, 3.05) is 11.9 Å². The zero-order valence-electron chi connectivity index (χ0n) is 13.9. The molecule has 1 aromatic carbocycles. The summed E-state index contributed by atoms with van der Waals surface area (Å²) in [6, 6.07) is 6.79. The van der Waals surface area contributed by atoms with Crippen molar-refractivity contribution in [3.8, 4) is 0 Å². The molecular formula is C17H18FN3O4. The van der Waals surface area contributed by atoms with Gasteiger partial charge in [-0.05, 0) is 37.1 Å². The number of carbonyl (C=O) groups is 2. The number of esters is 1. The molecule has 25 heavy (non-hydrogen) atoms. The van der Waals surface area contributed by atoms with Crippen molar-refractivity contribution in [3.63, 3.8) is 0 Å². The maximum atomic E-state index is 13.7. The van der Waals surface area contributed by atoms with E-state index in [9.17, 15) is 18.8 Å². The summed E-state index contributed by atoms with van der Waals surface area (Å²) in [6.45, 7) is 3.36. The highest BCUT2D eigenvalue weighted by atomic mass is 19.1. The maximum absolute atomic E-state index is 13.7. The quantitative estimate of drug-likeness (QED) is 0.806. The van der Waals surface area contributed by atoms with Gasteiger partial charge >= 0.3 is 5.97 Å². The first kappa shape index (κ1) is 18.3. The topological polar surface area (TPSA) is 90.3 Å². The molecule has 0 fully saturated rings. The fraction of sp³-hybridized carbons (Fsp3) is 0.294. The van der Waals surface area contributed by atoms with E-state index >= 15 is 0 Å². The molecule has 0 bridgehead atoms. The van der Waals surface area contributed by atoms with Crippen LogP contribution in [0.4, 0.5) is 10.1 Å². The summed E-state index contributed by atoms with van der Waals surface area (Å²) in [4.78, 5) is 35.3. The number of hydrogen-bond donors (Lipinski definition) is 1. The third kappa shape index (κ3) is 4.97. The Balaban J connectivity index is 1.96. The van der Waals surface area contributed by atoms with E-state index in [0.29, 0.717) is 13.0 Å². The maximum Gasteiger partial charge on any atom is 0.359 e. The molecule has 132 valence electrons. The molecule has 0 aliphatic carbocycles. The molecule has 0 aliphatic rings. The van der Waals surface area contributed by atoms with Gasteiger partial charge in [-0.15, -0.1) is 0 Å². The highest BCUT2D eigenvalue weighted by Gasteiger charge is 2.14. The van der Waals surface area contributed by atoms with E-state index in [0.717, 1.165) is 10.2 Å². The smallest absolute Gasteiger partial charge is 0.359 e. The Labute approximate surface area is 143 Å². The molecule has 0 saturated heterocycles. The number of aromatic nitrogens is 2. The van der Waals surface area contributed by atoms with Gasteiger partial charge in [-0.25, -0.2) is 13.9 Å². The molecule has 0 aliphatic heterocycles. The van der Waals surface area contributed by atoms with Crippen LogP contribution >= 0.6 is 0 Å². The van der Waals surface area contributed by atoms with Gasteiger partial charge in [0.05, 0.1) is 5.69 Å². The molecule has 0 radical (unpaired) electrons. The van der Waals surface area contributed by atoms with Crippen molar-refractivity contribution in [2.24, 2.45) is 0 Å². The number of nitrogens with zero attached hydrogens (tertiary/aromatic N) is 2. The van der Waals surface area contributed by atoms with Crippen LogP contribution < -0.4 is 10.9 Å². The third-order valence-electron chi connectivity index (χ3n) is 3.24. The fourth-order valence-electron chi connectivity index (χ4n) is 2.04. The number of hydrogen-bond acceptors (Lipinski definition) is 5. The first-order chi connectivity index (χ1) is 11.9. The SMILES string of the molecule is CCCn1nc(C(=O)OCC(=O)Nc2ccc(C)cc2F)ccc1=O. The third-order valence-corrected chi connectivity index (χ3v) is 3.24. The summed E-state index contributed by atoms with van der Waals surface area (Å²) in [5.74, 6) is -2.10. The first-order valence-corrected chi connectivity index (χ1v) is 7.72. The molecule has 1 N–H and O–H groups in total. The van der Waals surface area contributed by atoms with Gasteiger partial charge in [-0.3, -0.25) is 9.59 Å². The highest BCUT2D eigenvalue weighted by Crippen LogP contribution is 2.15. The number of amides is 1. The van der Waals surface area contributed by atoms with Crippen molar-refractivity contribution in [1.29, 1.82) is 0 Å². The Morgan fingerprint density at radius 2 is 2.04 bits per heavy atom. The van der Waals surface area contributed by atoms with Crippen LogP contribution in [-0.4, -0.2) is 28.3 Å². The fourth-order valence-corrected chi connectivity index (χ4v) is 2.04. The van der Waals surface area contributed by atoms with Crippen molar-refractivity contribution in [1.82, 2.24) is 9.78 Å². The highest BCUT2D eigenvalue weighted by molar-refractivity contribution is 5.94. The van der Waals surface area contributed by atoms with Crippen LogP contribution in [-0.2, 0) is 16.1 Å². The zero-order valence-corrected chi connectivity index (χ0v) is 13.9. The lowest BCUT2D eigenvalue weighted by Gasteiger charge is -2.08. The summed E-state index contributed by atoms with van der Waals surface area (Å²) >= 11 is 0. The second kappa shape index (κ2) is 8.18. The molecule has 1 amide bonds. The molecule has 2 rings (SSSR count). The van der Waals surface area contributed by atoms with Gasteiger partial charge in [0.25, 0.3) is 11.5 Å². The van der Waals surface area contributed by atoms with Gasteiger partial charge in [0.2, 0.25) is 0 Å². The van der Waals surface area contributed by atoms with Crippen LogP contribution in [0.2, 0.25) is 0 Å². The standard InChI is InChI=1S/C17H18FN3O4/c1-3-8-21-16(23)7-6-14(20-21)17(24)25-10-15(22)19-13-5-4-11(2)9-12(13)18/h4-7,9H,3,8,10H2,1-2H3,(H,19,22). The number of nitrogens with one attached hydrogen (secondary N) is 1. The Morgan fingerprint density at radius 1 is 1.28 bits per heavy atom. The van der Waals surface area contributed by atoms with Gasteiger partial charge < -0.3 is 10.1 Å². The van der Waals surface area contributed by atoms with E-state index < -0.39 is 24.3 Å². The first-order valence-electron chi connectivity index (χ1n) is 7.72. The predicted molar refractivity (Wildman–Crippen MR) is 88.8 cm³/mol. The minimum atomic E-state index is -0.843. The van der Waals surface area contributed by atoms with Gasteiger partial charge in [0.15, 0.2) is 12.3 Å². The van der Waals surface area contributed by atoms with E-state index in [1.54, 1.807) is 13.0 Å². The monoisotopic (exact) mass is 347 g/mol. The largest absolute Gasteiger partial charge is 0.451 e. The number of halogens is 1. The summed E-state index contributed by atoms with van der Waals surface area (Å²) in [5, 5.41) is 6.20. The van der Waals surface area contributed by atoms with E-state index in [1.807, 2.05) is 6.92 Å². The van der Waals surface area contributed by atoms with Crippen LogP contribution in [0.1, 0.15) is 29.4 Å². The number of ether oxygens (including phenoxy) is 1. The lowest BCUT2D eigenvalue weighted by molar-refractivity contribution is -0.119. The van der Waals surface area contributed by atoms with Gasteiger partial charge in [-0.2, -0.15) is 5.10 Å². The molecule has 1 aromatic heterocycles. The Kier molecular flexibility index (Phi) is 5.99. The van der Waals surface area contributed by atoms with Gasteiger partial charge in [-0.1, -0.05) is 13.0 Å². The zero-order chi connectivity index (χ0) is 18.4. The molecule has 1 heterocycles. The van der Waals surface area contributed by atoms with E-state index in [-0.39, 0.29) is 16.9 Å². The number of carbonyl (C=O) groups excluding carboxylic acids is 2. The molecule has 7 nitrogen and oxygen atoms in total. The van der Waals surface area contributed by atoms with E-state index in [4.69, 9.17) is 4.74 Å². The number of aryl methyl sites for hydroxylation is 2. The summed E-state index contributed by atoms with van der Waals surface area (Å²) < 4.78 is 19.7. The number of anilines is 1. The molecule has 0 spiro atoms. The van der Waals surface area contributed by atoms with Crippen LogP contribution in [0.3, 0.4) is 0 Å². The second-order valence-electron chi connectivity index (χ2n) is 5.39. The van der Waals surface area contributed by atoms with Crippen LogP contribution in [0, 0.1) is 12.7 Å². The lowest BCUT2D eigenvalue weighted by Crippen LogP contribution is -2.26. The summed E-state index contributed by atoms with van der Waals surface area (Å²) in [7, 11) is 0. The Morgan fingerprint density at radius 3 is 2.72 bits per heavy atom. The van der Waals surface area contributed by atoms with Crippen molar-refractivity contribution in [3.05, 3.63) is 57.8 Å². The summed E-state index contributed by atoms with van der Waals surface area (Å²) in [5.41, 5.74) is 0.310. The Hall–Kier alpha value is -3.03. The molecule has 8 heteroatoms. The number of rotatable bonds is 6. The normalized spacial score (nSPS) is 10.4. The minimum Gasteiger partial charge on any atom is -0.451 e. The van der Waals surface area contributed by atoms with Gasteiger partial charge in [0.1, 0.15) is 5.82 Å². The second-order valence-corrected chi connectivity index (χ2v) is 5.39. The van der Waals surface area contributed by atoms with Gasteiger partial charge in [0, 0.05) is 12.6 Å². The van der Waals surface area contributed by atoms with Crippen LogP contribution in [0.15, 0.2) is 35.1 Å². The molecule has 0 unspecified atom stereocenters. The van der Waals surface area contributed by atoms with E-state index in [1.165, 1.54) is 24.3 Å². The lowest BCUT2D eigenvalue weighted by atomic mass is 10.2. The number of benzene rings is 1. The van der Waals surface area contributed by atoms with Crippen LogP contribution in [0.5, 0.6) is 0 Å². The van der Waals surface area contributed by atoms with Crippen molar-refractivity contribution >= 4 is 17.6 Å². The summed E-state index contributed by atoms with van der Waals surface area (Å²) in [6.07, 6.45) is 0.677. The minimum absolute atomic E-state index is 0.00118.